The van der Waals surface area contributed by atoms with E-state index in [1.807, 2.05) is 38.1 Å². The van der Waals surface area contributed by atoms with E-state index in [0.717, 1.165) is 22.0 Å². The second kappa shape index (κ2) is 5.55. The van der Waals surface area contributed by atoms with Crippen LogP contribution < -0.4 is 5.32 Å². The number of aromatic nitrogens is 1. The minimum Gasteiger partial charge on any atom is -0.444 e. The van der Waals surface area contributed by atoms with E-state index in [4.69, 9.17) is 16.0 Å². The fourth-order valence-corrected chi connectivity index (χ4v) is 2.09. The first-order chi connectivity index (χ1) is 8.58. The van der Waals surface area contributed by atoms with Crippen molar-refractivity contribution in [2.75, 3.05) is 0 Å². The van der Waals surface area contributed by atoms with Gasteiger partial charge in [-0.25, -0.2) is 4.98 Å². The van der Waals surface area contributed by atoms with Crippen LogP contribution in [0.5, 0.6) is 0 Å². The van der Waals surface area contributed by atoms with Gasteiger partial charge < -0.3 is 9.73 Å². The summed E-state index contributed by atoms with van der Waals surface area (Å²) < 4.78 is 5.52. The summed E-state index contributed by atoms with van der Waals surface area (Å²) in [4.78, 5) is 4.34. The van der Waals surface area contributed by atoms with Gasteiger partial charge in [-0.2, -0.15) is 0 Å². The van der Waals surface area contributed by atoms with Gasteiger partial charge in [-0.05, 0) is 32.4 Å². The fourth-order valence-electron chi connectivity index (χ4n) is 1.79. The minimum atomic E-state index is 0.159. The molecule has 3 nitrogen and oxygen atoms in total. The molecule has 1 atom stereocenters. The van der Waals surface area contributed by atoms with Gasteiger partial charge in [0, 0.05) is 11.1 Å². The van der Waals surface area contributed by atoms with Crippen molar-refractivity contribution in [1.29, 1.82) is 0 Å². The van der Waals surface area contributed by atoms with Gasteiger partial charge in [-0.15, -0.1) is 0 Å². The molecule has 0 aliphatic rings. The third kappa shape index (κ3) is 2.92. The van der Waals surface area contributed by atoms with Crippen molar-refractivity contribution in [2.24, 2.45) is 0 Å². The fraction of sp³-hybridized carbons (Fsp3) is 0.357. The lowest BCUT2D eigenvalue weighted by Crippen LogP contribution is -2.18. The summed E-state index contributed by atoms with van der Waals surface area (Å²) in [7, 11) is 0. The number of hydrogen-bond donors (Lipinski definition) is 1. The second-order valence-corrected chi connectivity index (χ2v) is 4.78. The second-order valence-electron chi connectivity index (χ2n) is 4.37. The molecule has 18 heavy (non-hydrogen) atoms. The molecular formula is C14H17ClN2O. The van der Waals surface area contributed by atoms with Crippen LogP contribution in [-0.2, 0) is 6.54 Å². The Hall–Kier alpha value is -1.32. The maximum Gasteiger partial charge on any atom is 0.208 e. The van der Waals surface area contributed by atoms with E-state index in [2.05, 4.69) is 17.2 Å². The summed E-state index contributed by atoms with van der Waals surface area (Å²) >= 11 is 6.15. The summed E-state index contributed by atoms with van der Waals surface area (Å²) in [5.41, 5.74) is 2.02. The van der Waals surface area contributed by atoms with Crippen molar-refractivity contribution in [3.8, 4) is 0 Å². The van der Waals surface area contributed by atoms with E-state index in [0.29, 0.717) is 12.4 Å². The molecule has 2 rings (SSSR count). The molecule has 0 unspecified atom stereocenters. The lowest BCUT2D eigenvalue weighted by Gasteiger charge is -2.14. The quantitative estimate of drug-likeness (QED) is 0.913. The van der Waals surface area contributed by atoms with E-state index in [-0.39, 0.29) is 6.04 Å². The van der Waals surface area contributed by atoms with Crippen molar-refractivity contribution < 1.29 is 4.42 Å². The van der Waals surface area contributed by atoms with Crippen molar-refractivity contribution in [2.45, 2.75) is 33.4 Å². The van der Waals surface area contributed by atoms with Crippen molar-refractivity contribution in [3.05, 3.63) is 52.2 Å². The third-order valence-corrected chi connectivity index (χ3v) is 3.35. The van der Waals surface area contributed by atoms with Crippen LogP contribution in [0.4, 0.5) is 0 Å². The van der Waals surface area contributed by atoms with Crippen LogP contribution in [0.15, 0.2) is 28.7 Å². The molecule has 0 aliphatic heterocycles. The Morgan fingerprint density at radius 3 is 2.67 bits per heavy atom. The predicted molar refractivity (Wildman–Crippen MR) is 72.7 cm³/mol. The molecule has 0 spiro atoms. The van der Waals surface area contributed by atoms with Gasteiger partial charge in [-0.3, -0.25) is 0 Å². The Balaban J connectivity index is 2.00. The number of rotatable bonds is 4. The zero-order valence-electron chi connectivity index (χ0n) is 10.8. The number of halogens is 1. The van der Waals surface area contributed by atoms with E-state index in [1.165, 1.54) is 0 Å². The van der Waals surface area contributed by atoms with Crippen molar-refractivity contribution in [3.63, 3.8) is 0 Å². The highest BCUT2D eigenvalue weighted by Crippen LogP contribution is 2.22. The molecule has 0 bridgehead atoms. The number of nitrogens with zero attached hydrogens (tertiary/aromatic N) is 1. The van der Waals surface area contributed by atoms with Crippen LogP contribution in [0.25, 0.3) is 0 Å². The molecule has 96 valence electrons. The third-order valence-electron chi connectivity index (χ3n) is 3.00. The Kier molecular flexibility index (Phi) is 4.04. The van der Waals surface area contributed by atoms with Crippen LogP contribution in [0, 0.1) is 13.8 Å². The molecule has 0 fully saturated rings. The summed E-state index contributed by atoms with van der Waals surface area (Å²) in [6, 6.07) is 7.99. The SMILES string of the molecule is Cc1nc(CN[C@@H](C)c2ccccc2Cl)oc1C. The highest BCUT2D eigenvalue weighted by molar-refractivity contribution is 6.31. The van der Waals surface area contributed by atoms with E-state index in [1.54, 1.807) is 0 Å². The Morgan fingerprint density at radius 2 is 2.06 bits per heavy atom. The van der Waals surface area contributed by atoms with Gasteiger partial charge in [-0.1, -0.05) is 29.8 Å². The zero-order chi connectivity index (χ0) is 13.1. The highest BCUT2D eigenvalue weighted by Gasteiger charge is 2.11. The lowest BCUT2D eigenvalue weighted by atomic mass is 10.1. The maximum absolute atomic E-state index is 6.15. The summed E-state index contributed by atoms with van der Waals surface area (Å²) in [6.45, 7) is 6.54. The van der Waals surface area contributed by atoms with Crippen molar-refractivity contribution in [1.82, 2.24) is 10.3 Å². The van der Waals surface area contributed by atoms with Crippen LogP contribution >= 0.6 is 11.6 Å². The molecule has 1 aromatic heterocycles. The molecule has 0 saturated carbocycles. The predicted octanol–water partition coefficient (Wildman–Crippen LogP) is 3.80. The topological polar surface area (TPSA) is 38.1 Å². The molecule has 2 aromatic rings. The monoisotopic (exact) mass is 264 g/mol. The Labute approximate surface area is 112 Å². The molecule has 4 heteroatoms. The first kappa shape index (κ1) is 13.1. The molecular weight excluding hydrogens is 248 g/mol. The minimum absolute atomic E-state index is 0.159. The molecule has 0 aliphatic carbocycles. The van der Waals surface area contributed by atoms with Crippen LogP contribution in [0.3, 0.4) is 0 Å². The van der Waals surface area contributed by atoms with Crippen molar-refractivity contribution >= 4 is 11.6 Å². The average Bonchev–Trinajstić information content (AvgIpc) is 2.66. The molecule has 0 radical (unpaired) electrons. The Bertz CT molecular complexity index is 517. The maximum atomic E-state index is 6.15. The number of hydrogen-bond acceptors (Lipinski definition) is 3. The average molecular weight is 265 g/mol. The largest absolute Gasteiger partial charge is 0.444 e. The van der Waals surface area contributed by atoms with Crippen LogP contribution in [-0.4, -0.2) is 4.98 Å². The molecule has 1 aromatic carbocycles. The summed E-state index contributed by atoms with van der Waals surface area (Å²) in [6.07, 6.45) is 0. The van der Waals surface area contributed by atoms with Crippen LogP contribution in [0.2, 0.25) is 5.02 Å². The first-order valence-corrected chi connectivity index (χ1v) is 6.36. The van der Waals surface area contributed by atoms with Gasteiger partial charge in [0.2, 0.25) is 5.89 Å². The normalized spacial score (nSPS) is 12.7. The smallest absolute Gasteiger partial charge is 0.208 e. The molecule has 0 amide bonds. The van der Waals surface area contributed by atoms with Gasteiger partial charge in [0.15, 0.2) is 0 Å². The number of oxazole rings is 1. The standard InChI is InChI=1S/C14H17ClN2O/c1-9-11(3)18-14(17-9)8-16-10(2)12-6-4-5-7-13(12)15/h4-7,10,16H,8H2,1-3H3/t10-/m0/s1. The number of benzene rings is 1. The van der Waals surface area contributed by atoms with Crippen LogP contribution in [0.1, 0.15) is 35.9 Å². The summed E-state index contributed by atoms with van der Waals surface area (Å²) in [5.74, 6) is 1.58. The highest BCUT2D eigenvalue weighted by atomic mass is 35.5. The van der Waals surface area contributed by atoms with E-state index in [9.17, 15) is 0 Å². The summed E-state index contributed by atoms with van der Waals surface area (Å²) in [5, 5.41) is 4.13. The van der Waals surface area contributed by atoms with Gasteiger partial charge >= 0.3 is 0 Å². The molecule has 0 saturated heterocycles. The van der Waals surface area contributed by atoms with Gasteiger partial charge in [0.05, 0.1) is 12.2 Å². The van der Waals surface area contributed by atoms with E-state index < -0.39 is 0 Å². The van der Waals surface area contributed by atoms with E-state index >= 15 is 0 Å². The van der Waals surface area contributed by atoms with Gasteiger partial charge in [0.25, 0.3) is 0 Å². The molecule has 1 N–H and O–H groups in total. The Morgan fingerprint density at radius 1 is 1.33 bits per heavy atom. The number of nitrogens with one attached hydrogen (secondary N) is 1. The molecule has 1 heterocycles. The zero-order valence-corrected chi connectivity index (χ0v) is 11.6. The first-order valence-electron chi connectivity index (χ1n) is 5.98. The number of aryl methyl sites for hydroxylation is 2. The lowest BCUT2D eigenvalue weighted by molar-refractivity contribution is 0.432. The van der Waals surface area contributed by atoms with Gasteiger partial charge in [0.1, 0.15) is 5.76 Å².